The van der Waals surface area contributed by atoms with Gasteiger partial charge in [-0.2, -0.15) is 5.10 Å². The normalized spacial score (nSPS) is 17.6. The van der Waals surface area contributed by atoms with Gasteiger partial charge < -0.3 is 5.32 Å². The Kier molecular flexibility index (Phi) is 5.50. The van der Waals surface area contributed by atoms with Crippen molar-refractivity contribution in [3.8, 4) is 16.9 Å². The summed E-state index contributed by atoms with van der Waals surface area (Å²) in [6, 6.07) is 4.01. The van der Waals surface area contributed by atoms with Gasteiger partial charge in [0.25, 0.3) is 0 Å². The zero-order valence-electron chi connectivity index (χ0n) is 17.9. The van der Waals surface area contributed by atoms with E-state index in [9.17, 15) is 13.0 Å². The Labute approximate surface area is 187 Å². The van der Waals surface area contributed by atoms with Crippen molar-refractivity contribution in [2.75, 3.05) is 24.7 Å². The smallest absolute Gasteiger partial charge is 0.223 e. The van der Waals surface area contributed by atoms with Crippen molar-refractivity contribution in [2.45, 2.75) is 38.6 Å². The minimum absolute atomic E-state index is 0.173. The molecule has 0 radical (unpaired) electrons. The van der Waals surface area contributed by atoms with Gasteiger partial charge in [-0.1, -0.05) is 6.07 Å². The summed E-state index contributed by atoms with van der Waals surface area (Å²) in [4.78, 5) is 9.27. The Morgan fingerprint density at radius 1 is 1.16 bits per heavy atom. The van der Waals surface area contributed by atoms with Gasteiger partial charge in [0.2, 0.25) is 5.95 Å². The van der Waals surface area contributed by atoms with Crippen LogP contribution in [0.1, 0.15) is 29.8 Å². The molecule has 1 fully saturated rings. The van der Waals surface area contributed by atoms with Crippen LogP contribution in [-0.4, -0.2) is 53.6 Å². The lowest BCUT2D eigenvalue weighted by Gasteiger charge is -2.30. The SMILES string of the molecule is Cc1c2c(nn1-c1c(F)cccc1F)CCc1cnc(NC3CCN(S(C)=O)CC3)nc1-2. The van der Waals surface area contributed by atoms with E-state index in [2.05, 4.69) is 15.4 Å². The first-order valence-corrected chi connectivity index (χ1v) is 12.2. The summed E-state index contributed by atoms with van der Waals surface area (Å²) in [6.45, 7) is 3.33. The van der Waals surface area contributed by atoms with Crippen LogP contribution in [0.4, 0.5) is 14.7 Å². The molecule has 10 heteroatoms. The average molecular weight is 459 g/mol. The van der Waals surface area contributed by atoms with E-state index in [1.165, 1.54) is 22.9 Å². The molecule has 1 atom stereocenters. The fraction of sp³-hybridized carbons (Fsp3) is 0.409. The zero-order chi connectivity index (χ0) is 22.4. The summed E-state index contributed by atoms with van der Waals surface area (Å²) in [5.74, 6) is -0.785. The third kappa shape index (κ3) is 3.71. The van der Waals surface area contributed by atoms with Crippen molar-refractivity contribution >= 4 is 16.9 Å². The molecule has 1 N–H and O–H groups in total. The highest BCUT2D eigenvalue weighted by Crippen LogP contribution is 2.36. The van der Waals surface area contributed by atoms with Crippen molar-refractivity contribution in [3.05, 3.63) is 53.0 Å². The fourth-order valence-corrected chi connectivity index (χ4v) is 5.25. The number of benzene rings is 1. The third-order valence-corrected chi connectivity index (χ3v) is 7.31. The molecule has 2 aromatic heterocycles. The molecule has 32 heavy (non-hydrogen) atoms. The van der Waals surface area contributed by atoms with Crippen LogP contribution in [0, 0.1) is 18.6 Å². The van der Waals surface area contributed by atoms with Crippen molar-refractivity contribution in [1.82, 2.24) is 24.1 Å². The standard InChI is InChI=1S/C22H24F2N6OS/c1-13-19-18(28-30(13)21-16(23)4-3-5-17(21)24)7-6-14-12-25-22(27-20(14)19)26-15-8-10-29(11-9-15)32(2)31/h3-5,12,15H,6-11H2,1-2H3,(H,25,26,27). The minimum Gasteiger partial charge on any atom is -0.351 e. The average Bonchev–Trinajstić information content (AvgIpc) is 3.10. The first kappa shape index (κ1) is 21.1. The molecule has 2 aliphatic rings. The van der Waals surface area contributed by atoms with Crippen LogP contribution in [-0.2, 0) is 23.8 Å². The van der Waals surface area contributed by atoms with Gasteiger partial charge in [-0.25, -0.2) is 31.9 Å². The largest absolute Gasteiger partial charge is 0.351 e. The molecule has 1 aliphatic carbocycles. The Morgan fingerprint density at radius 3 is 2.56 bits per heavy atom. The number of aryl methyl sites for hydroxylation is 2. The van der Waals surface area contributed by atoms with Crippen LogP contribution in [0.25, 0.3) is 16.9 Å². The summed E-state index contributed by atoms with van der Waals surface area (Å²) < 4.78 is 43.8. The highest BCUT2D eigenvalue weighted by Gasteiger charge is 2.28. The topological polar surface area (TPSA) is 75.9 Å². The number of aromatic nitrogens is 4. The van der Waals surface area contributed by atoms with Crippen LogP contribution in [0.15, 0.2) is 24.4 Å². The Bertz CT molecular complexity index is 1190. The van der Waals surface area contributed by atoms with E-state index < -0.39 is 22.6 Å². The van der Waals surface area contributed by atoms with Gasteiger partial charge in [-0.05, 0) is 50.3 Å². The number of halogens is 2. The maximum Gasteiger partial charge on any atom is 0.223 e. The van der Waals surface area contributed by atoms with Crippen LogP contribution in [0.2, 0.25) is 0 Å². The van der Waals surface area contributed by atoms with E-state index in [4.69, 9.17) is 4.98 Å². The maximum absolute atomic E-state index is 14.4. The molecule has 3 aromatic rings. The van der Waals surface area contributed by atoms with Gasteiger partial charge in [-0.15, -0.1) is 0 Å². The highest BCUT2D eigenvalue weighted by molar-refractivity contribution is 7.81. The molecule has 1 saturated heterocycles. The Morgan fingerprint density at radius 2 is 1.88 bits per heavy atom. The molecule has 3 heterocycles. The van der Waals surface area contributed by atoms with Crippen molar-refractivity contribution in [3.63, 3.8) is 0 Å². The lowest BCUT2D eigenvalue weighted by Crippen LogP contribution is -2.39. The minimum atomic E-state index is -0.948. The molecule has 7 nitrogen and oxygen atoms in total. The summed E-state index contributed by atoms with van der Waals surface area (Å²) in [7, 11) is -0.948. The second-order valence-electron chi connectivity index (χ2n) is 8.23. The van der Waals surface area contributed by atoms with Gasteiger partial charge in [0.15, 0.2) is 11.6 Å². The Hall–Kier alpha value is -2.72. The maximum atomic E-state index is 14.4. The van der Waals surface area contributed by atoms with Crippen LogP contribution < -0.4 is 5.32 Å². The fourth-order valence-electron chi connectivity index (χ4n) is 4.52. The second kappa shape index (κ2) is 8.32. The lowest BCUT2D eigenvalue weighted by molar-refractivity contribution is 0.346. The first-order chi connectivity index (χ1) is 15.4. The number of hydrogen-bond donors (Lipinski definition) is 1. The molecular weight excluding hydrogens is 434 g/mol. The third-order valence-electron chi connectivity index (χ3n) is 6.22. The van der Waals surface area contributed by atoms with E-state index >= 15 is 0 Å². The summed E-state index contributed by atoms with van der Waals surface area (Å²) in [5.41, 5.74) is 3.82. The molecule has 168 valence electrons. The van der Waals surface area contributed by atoms with E-state index in [1.807, 2.05) is 17.4 Å². The van der Waals surface area contributed by atoms with Gasteiger partial charge in [0.1, 0.15) is 5.69 Å². The molecule has 0 bridgehead atoms. The molecule has 0 spiro atoms. The monoisotopic (exact) mass is 458 g/mol. The van der Waals surface area contributed by atoms with Gasteiger partial charge in [-0.3, -0.25) is 0 Å². The van der Waals surface area contributed by atoms with E-state index in [0.29, 0.717) is 18.1 Å². The number of rotatable bonds is 4. The number of nitrogens with one attached hydrogen (secondary N) is 1. The molecule has 5 rings (SSSR count). The van der Waals surface area contributed by atoms with E-state index in [1.54, 1.807) is 6.26 Å². The van der Waals surface area contributed by atoms with E-state index in [0.717, 1.165) is 54.9 Å². The van der Waals surface area contributed by atoms with Crippen LogP contribution >= 0.6 is 0 Å². The molecular formula is C22H24F2N6OS. The molecule has 1 unspecified atom stereocenters. The number of hydrogen-bond acceptors (Lipinski definition) is 5. The predicted molar refractivity (Wildman–Crippen MR) is 119 cm³/mol. The lowest BCUT2D eigenvalue weighted by atomic mass is 9.93. The molecule has 0 amide bonds. The summed E-state index contributed by atoms with van der Waals surface area (Å²) in [5, 5.41) is 7.94. The first-order valence-electron chi connectivity index (χ1n) is 10.7. The van der Waals surface area contributed by atoms with Crippen LogP contribution in [0.3, 0.4) is 0 Å². The van der Waals surface area contributed by atoms with E-state index in [-0.39, 0.29) is 11.7 Å². The Balaban J connectivity index is 1.46. The number of nitrogens with zero attached hydrogens (tertiary/aromatic N) is 5. The van der Waals surface area contributed by atoms with Crippen molar-refractivity contribution in [2.24, 2.45) is 0 Å². The second-order valence-corrected chi connectivity index (χ2v) is 9.59. The molecule has 1 aromatic carbocycles. The summed E-state index contributed by atoms with van der Waals surface area (Å²) in [6.07, 6.45) is 6.62. The van der Waals surface area contributed by atoms with Crippen LogP contribution in [0.5, 0.6) is 0 Å². The number of piperidine rings is 1. The van der Waals surface area contributed by atoms with Crippen molar-refractivity contribution < 1.29 is 13.0 Å². The van der Waals surface area contributed by atoms with Gasteiger partial charge >= 0.3 is 0 Å². The van der Waals surface area contributed by atoms with Gasteiger partial charge in [0.05, 0.1) is 28.1 Å². The predicted octanol–water partition coefficient (Wildman–Crippen LogP) is 3.18. The number of fused-ring (bicyclic) bond motifs is 3. The van der Waals surface area contributed by atoms with Gasteiger partial charge in [0, 0.05) is 37.1 Å². The number of para-hydroxylation sites is 1. The highest BCUT2D eigenvalue weighted by atomic mass is 32.2. The quantitative estimate of drug-likeness (QED) is 0.650. The zero-order valence-corrected chi connectivity index (χ0v) is 18.8. The molecule has 0 saturated carbocycles. The summed E-state index contributed by atoms with van der Waals surface area (Å²) >= 11 is 0. The number of anilines is 1. The van der Waals surface area contributed by atoms with Crippen molar-refractivity contribution in [1.29, 1.82) is 0 Å². The molecule has 1 aliphatic heterocycles.